The van der Waals surface area contributed by atoms with E-state index in [0.717, 1.165) is 0 Å². The maximum atomic E-state index is 12.1. The van der Waals surface area contributed by atoms with Gasteiger partial charge in [0.1, 0.15) is 5.75 Å². The number of rotatable bonds is 5. The SMILES string of the molecule is C#CCNC(=O)CS(=O)(=O)c1cccc(C(=O)O)c1C. The molecule has 0 saturated heterocycles. The van der Waals surface area contributed by atoms with Crippen LogP contribution in [0.25, 0.3) is 0 Å². The third kappa shape index (κ3) is 3.59. The topological polar surface area (TPSA) is 101 Å². The number of carboxylic acids is 1. The van der Waals surface area contributed by atoms with Crippen LogP contribution in [0.3, 0.4) is 0 Å². The second kappa shape index (κ2) is 6.21. The highest BCUT2D eigenvalue weighted by atomic mass is 32.2. The summed E-state index contributed by atoms with van der Waals surface area (Å²) in [4.78, 5) is 22.2. The summed E-state index contributed by atoms with van der Waals surface area (Å²) >= 11 is 0. The van der Waals surface area contributed by atoms with Gasteiger partial charge in [-0.3, -0.25) is 4.79 Å². The molecule has 0 aliphatic heterocycles. The van der Waals surface area contributed by atoms with Gasteiger partial charge in [-0.2, -0.15) is 0 Å². The van der Waals surface area contributed by atoms with Crippen LogP contribution >= 0.6 is 0 Å². The molecule has 1 aromatic carbocycles. The molecule has 1 aromatic rings. The summed E-state index contributed by atoms with van der Waals surface area (Å²) in [6.45, 7) is 1.32. The smallest absolute Gasteiger partial charge is 0.335 e. The number of benzene rings is 1. The van der Waals surface area contributed by atoms with E-state index in [4.69, 9.17) is 11.5 Å². The first-order valence-corrected chi connectivity index (χ1v) is 7.20. The third-order valence-electron chi connectivity index (χ3n) is 2.56. The molecule has 1 amide bonds. The maximum absolute atomic E-state index is 12.1. The zero-order valence-electron chi connectivity index (χ0n) is 10.7. The third-order valence-corrected chi connectivity index (χ3v) is 4.31. The summed E-state index contributed by atoms with van der Waals surface area (Å²) in [7, 11) is -3.92. The molecule has 0 aromatic heterocycles. The zero-order chi connectivity index (χ0) is 15.3. The zero-order valence-corrected chi connectivity index (χ0v) is 11.5. The Morgan fingerprint density at radius 3 is 2.60 bits per heavy atom. The summed E-state index contributed by atoms with van der Waals surface area (Å²) < 4.78 is 24.2. The molecule has 0 heterocycles. The molecule has 0 unspecified atom stereocenters. The van der Waals surface area contributed by atoms with Crippen molar-refractivity contribution in [3.63, 3.8) is 0 Å². The number of carbonyl (C=O) groups excluding carboxylic acids is 1. The van der Waals surface area contributed by atoms with Crippen LogP contribution in [0, 0.1) is 19.3 Å². The van der Waals surface area contributed by atoms with Gasteiger partial charge in [0.2, 0.25) is 5.91 Å². The Labute approximate surface area is 116 Å². The van der Waals surface area contributed by atoms with Crippen LogP contribution in [-0.2, 0) is 14.6 Å². The lowest BCUT2D eigenvalue weighted by Crippen LogP contribution is -2.30. The lowest BCUT2D eigenvalue weighted by molar-refractivity contribution is -0.118. The Bertz CT molecular complexity index is 685. The van der Waals surface area contributed by atoms with E-state index < -0.39 is 27.5 Å². The Hall–Kier alpha value is -2.33. The number of aromatic carboxylic acids is 1. The van der Waals surface area contributed by atoms with Gasteiger partial charge in [-0.15, -0.1) is 6.42 Å². The molecule has 7 heteroatoms. The molecule has 0 aliphatic carbocycles. The van der Waals surface area contributed by atoms with Crippen molar-refractivity contribution in [2.75, 3.05) is 12.3 Å². The number of hydrogen-bond acceptors (Lipinski definition) is 4. The van der Waals surface area contributed by atoms with E-state index in [-0.39, 0.29) is 22.6 Å². The molecular weight excluding hydrogens is 282 g/mol. The lowest BCUT2D eigenvalue weighted by Gasteiger charge is -2.09. The average Bonchev–Trinajstić information content (AvgIpc) is 2.35. The summed E-state index contributed by atoms with van der Waals surface area (Å²) in [5, 5.41) is 11.2. The minimum absolute atomic E-state index is 0.0670. The van der Waals surface area contributed by atoms with Crippen molar-refractivity contribution in [2.45, 2.75) is 11.8 Å². The number of hydrogen-bond donors (Lipinski definition) is 2. The summed E-state index contributed by atoms with van der Waals surface area (Å²) in [6, 6.07) is 3.89. The van der Waals surface area contributed by atoms with Crippen LogP contribution in [-0.4, -0.2) is 37.7 Å². The highest BCUT2D eigenvalue weighted by Crippen LogP contribution is 2.20. The first-order chi connectivity index (χ1) is 9.29. The van der Waals surface area contributed by atoms with Crippen LogP contribution in [0.4, 0.5) is 0 Å². The van der Waals surface area contributed by atoms with Crippen LogP contribution < -0.4 is 5.32 Å². The van der Waals surface area contributed by atoms with E-state index in [1.807, 2.05) is 0 Å². The van der Waals surface area contributed by atoms with Crippen molar-refractivity contribution in [3.8, 4) is 12.3 Å². The van der Waals surface area contributed by atoms with Gasteiger partial charge >= 0.3 is 5.97 Å². The highest BCUT2D eigenvalue weighted by Gasteiger charge is 2.23. The van der Waals surface area contributed by atoms with Crippen LogP contribution in [0.5, 0.6) is 0 Å². The molecule has 20 heavy (non-hydrogen) atoms. The molecule has 1 rings (SSSR count). The maximum Gasteiger partial charge on any atom is 0.335 e. The fourth-order valence-corrected chi connectivity index (χ4v) is 3.10. The van der Waals surface area contributed by atoms with E-state index in [0.29, 0.717) is 0 Å². The minimum atomic E-state index is -3.92. The Morgan fingerprint density at radius 1 is 1.40 bits per heavy atom. The monoisotopic (exact) mass is 295 g/mol. The van der Waals surface area contributed by atoms with Crippen molar-refractivity contribution < 1.29 is 23.1 Å². The number of amides is 1. The van der Waals surface area contributed by atoms with Gasteiger partial charge in [-0.1, -0.05) is 12.0 Å². The van der Waals surface area contributed by atoms with Crippen molar-refractivity contribution >= 4 is 21.7 Å². The quantitative estimate of drug-likeness (QED) is 0.757. The van der Waals surface area contributed by atoms with Crippen LogP contribution in [0.15, 0.2) is 23.1 Å². The van der Waals surface area contributed by atoms with E-state index >= 15 is 0 Å². The number of carbonyl (C=O) groups is 2. The number of sulfone groups is 1. The van der Waals surface area contributed by atoms with Crippen molar-refractivity contribution in [1.29, 1.82) is 0 Å². The molecule has 0 bridgehead atoms. The second-order valence-electron chi connectivity index (χ2n) is 3.97. The first-order valence-electron chi connectivity index (χ1n) is 5.55. The molecule has 0 spiro atoms. The molecule has 6 nitrogen and oxygen atoms in total. The molecule has 0 saturated carbocycles. The standard InChI is InChI=1S/C13H13NO5S/c1-3-7-14-12(15)8-20(18,19)11-6-4-5-10(9(11)2)13(16)17/h1,4-6H,7-8H2,2H3,(H,14,15)(H,16,17). The van der Waals surface area contributed by atoms with Crippen LogP contribution in [0.2, 0.25) is 0 Å². The van der Waals surface area contributed by atoms with Gasteiger partial charge in [0.25, 0.3) is 0 Å². The van der Waals surface area contributed by atoms with E-state index in [2.05, 4.69) is 11.2 Å². The molecule has 0 radical (unpaired) electrons. The highest BCUT2D eigenvalue weighted by molar-refractivity contribution is 7.92. The number of carboxylic acid groups (broad SMARTS) is 1. The molecular formula is C13H13NO5S. The predicted molar refractivity (Wildman–Crippen MR) is 72.0 cm³/mol. The fraction of sp³-hybridized carbons (Fsp3) is 0.231. The van der Waals surface area contributed by atoms with Gasteiger partial charge < -0.3 is 10.4 Å². The van der Waals surface area contributed by atoms with E-state index in [1.54, 1.807) is 0 Å². The average molecular weight is 295 g/mol. The Morgan fingerprint density at radius 2 is 2.05 bits per heavy atom. The van der Waals surface area contributed by atoms with E-state index in [9.17, 15) is 18.0 Å². The minimum Gasteiger partial charge on any atom is -0.478 e. The fourth-order valence-electron chi connectivity index (χ4n) is 1.63. The first kappa shape index (κ1) is 15.7. The molecule has 0 fully saturated rings. The van der Waals surface area contributed by atoms with Crippen molar-refractivity contribution in [1.82, 2.24) is 5.32 Å². The van der Waals surface area contributed by atoms with Gasteiger partial charge in [-0.25, -0.2) is 13.2 Å². The summed E-state index contributed by atoms with van der Waals surface area (Å²) in [5.74, 6) is -0.583. The van der Waals surface area contributed by atoms with Gasteiger partial charge in [0.05, 0.1) is 17.0 Å². The molecule has 2 N–H and O–H groups in total. The second-order valence-corrected chi connectivity index (χ2v) is 5.93. The van der Waals surface area contributed by atoms with E-state index in [1.165, 1.54) is 25.1 Å². The molecule has 0 atom stereocenters. The van der Waals surface area contributed by atoms with Crippen molar-refractivity contribution in [3.05, 3.63) is 29.3 Å². The summed E-state index contributed by atoms with van der Waals surface area (Å²) in [6.07, 6.45) is 4.95. The van der Waals surface area contributed by atoms with Crippen LogP contribution in [0.1, 0.15) is 15.9 Å². The number of nitrogens with one attached hydrogen (secondary N) is 1. The molecule has 0 aliphatic rings. The normalized spacial score (nSPS) is 10.6. The predicted octanol–water partition coefficient (Wildman–Crippen LogP) is 0.216. The van der Waals surface area contributed by atoms with Gasteiger partial charge in [0.15, 0.2) is 9.84 Å². The summed E-state index contributed by atoms with van der Waals surface area (Å²) in [5.41, 5.74) is -0.0140. The molecule has 106 valence electrons. The van der Waals surface area contributed by atoms with Gasteiger partial charge in [-0.05, 0) is 24.6 Å². The van der Waals surface area contributed by atoms with Crippen molar-refractivity contribution in [2.24, 2.45) is 0 Å². The Balaban J connectivity index is 3.11. The lowest BCUT2D eigenvalue weighted by atomic mass is 10.1. The number of terminal acetylenes is 1. The largest absolute Gasteiger partial charge is 0.478 e. The Kier molecular flexibility index (Phi) is 4.88. The van der Waals surface area contributed by atoms with Gasteiger partial charge in [0, 0.05) is 0 Å².